The third kappa shape index (κ3) is 8.35. The van der Waals surface area contributed by atoms with Crippen LogP contribution in [-0.2, 0) is 14.9 Å². The van der Waals surface area contributed by atoms with Crippen molar-refractivity contribution in [2.45, 2.75) is 44.6 Å². The number of likely N-dealkylation sites (N-methyl/N-ethyl adjacent to an activating group) is 1. The second-order valence-electron chi connectivity index (χ2n) is 7.54. The van der Waals surface area contributed by atoms with E-state index in [9.17, 15) is 4.79 Å². The van der Waals surface area contributed by atoms with Gasteiger partial charge in [0.05, 0.1) is 6.10 Å². The van der Waals surface area contributed by atoms with Gasteiger partial charge in [-0.1, -0.05) is 19.9 Å². The topological polar surface area (TPSA) is 66.0 Å². The Hall–Kier alpha value is -0.870. The fourth-order valence-electron chi connectivity index (χ4n) is 2.70. The second kappa shape index (κ2) is 11.9. The fourth-order valence-corrected chi connectivity index (χ4v) is 3.55. The number of hydrogen-bond acceptors (Lipinski definition) is 4. The van der Waals surface area contributed by atoms with E-state index < -0.39 is 0 Å². The summed E-state index contributed by atoms with van der Waals surface area (Å²) >= 11 is 1.76. The maximum Gasteiger partial charge on any atom is 0.243 e. The summed E-state index contributed by atoms with van der Waals surface area (Å²) in [4.78, 5) is 19.2. The monoisotopic (exact) mass is 508 g/mol. The zero-order valence-electron chi connectivity index (χ0n) is 16.8. The molecule has 8 heteroatoms. The number of amides is 1. The molecule has 2 N–H and O–H groups in total. The van der Waals surface area contributed by atoms with Crippen LogP contribution in [0.25, 0.3) is 0 Å². The van der Waals surface area contributed by atoms with Crippen LogP contribution in [0.5, 0.6) is 0 Å². The molecule has 2 rings (SSSR count). The molecule has 27 heavy (non-hydrogen) atoms. The van der Waals surface area contributed by atoms with Crippen LogP contribution in [-0.4, -0.2) is 63.2 Å². The lowest BCUT2D eigenvalue weighted by Crippen LogP contribution is -2.46. The van der Waals surface area contributed by atoms with Crippen LogP contribution in [0, 0.1) is 0 Å². The average molecular weight is 508 g/mol. The summed E-state index contributed by atoms with van der Waals surface area (Å²) in [7, 11) is 3.49. The van der Waals surface area contributed by atoms with Crippen molar-refractivity contribution < 1.29 is 9.53 Å². The number of nitrogens with zero attached hydrogens (tertiary/aromatic N) is 2. The molecular weight excluding hydrogens is 475 g/mol. The summed E-state index contributed by atoms with van der Waals surface area (Å²) in [5, 5.41) is 8.85. The first kappa shape index (κ1) is 24.2. The Morgan fingerprint density at radius 2 is 2.15 bits per heavy atom. The van der Waals surface area contributed by atoms with E-state index in [2.05, 4.69) is 47.0 Å². The van der Waals surface area contributed by atoms with Gasteiger partial charge in [0.15, 0.2) is 5.96 Å². The number of carbonyl (C=O) groups is 1. The number of nitrogens with one attached hydrogen (secondary N) is 2. The molecule has 2 heterocycles. The van der Waals surface area contributed by atoms with Crippen molar-refractivity contribution in [1.29, 1.82) is 0 Å². The summed E-state index contributed by atoms with van der Waals surface area (Å²) in [6.45, 7) is 6.82. The minimum absolute atomic E-state index is 0. The molecule has 1 saturated heterocycles. The fraction of sp³-hybridized carbons (Fsp3) is 0.684. The first-order valence-electron chi connectivity index (χ1n) is 9.26. The molecule has 0 radical (unpaired) electrons. The number of carbonyl (C=O) groups excluding carboxylic acids is 1. The minimum Gasteiger partial charge on any atom is -0.376 e. The van der Waals surface area contributed by atoms with E-state index >= 15 is 0 Å². The standard InChI is InChI=1S/C19H32N4O2S.HI/c1-19(2,16-9-7-11-26-16)14-22-18(21-13-17(24)23(3)4)20-12-15-8-5-6-10-25-15;/h7,9,11,15H,5-6,8,10,12-14H2,1-4H3,(H2,20,21,22);1H. The Morgan fingerprint density at radius 3 is 2.74 bits per heavy atom. The third-order valence-corrected chi connectivity index (χ3v) is 5.76. The summed E-state index contributed by atoms with van der Waals surface area (Å²) in [5.41, 5.74) is -0.0104. The Labute approximate surface area is 184 Å². The first-order chi connectivity index (χ1) is 12.4. The number of guanidine groups is 1. The number of ether oxygens (including phenoxy) is 1. The van der Waals surface area contributed by atoms with Gasteiger partial charge in [-0.2, -0.15) is 0 Å². The summed E-state index contributed by atoms with van der Waals surface area (Å²) in [6.07, 6.45) is 3.63. The highest BCUT2D eigenvalue weighted by atomic mass is 127. The number of halogens is 1. The van der Waals surface area contributed by atoms with E-state index in [-0.39, 0.29) is 47.9 Å². The molecule has 0 bridgehead atoms. The third-order valence-electron chi connectivity index (χ3n) is 4.53. The van der Waals surface area contributed by atoms with Crippen molar-refractivity contribution in [2.24, 2.45) is 4.99 Å². The van der Waals surface area contributed by atoms with E-state index in [4.69, 9.17) is 4.74 Å². The molecule has 1 aliphatic heterocycles. The predicted molar refractivity (Wildman–Crippen MR) is 123 cm³/mol. The Morgan fingerprint density at radius 1 is 1.37 bits per heavy atom. The van der Waals surface area contributed by atoms with Crippen molar-refractivity contribution in [3.63, 3.8) is 0 Å². The van der Waals surface area contributed by atoms with E-state index in [0.717, 1.165) is 26.0 Å². The quantitative estimate of drug-likeness (QED) is 0.338. The van der Waals surface area contributed by atoms with E-state index in [1.54, 1.807) is 30.3 Å². The molecule has 0 spiro atoms. The van der Waals surface area contributed by atoms with Gasteiger partial charge in [0.1, 0.15) is 6.54 Å². The average Bonchev–Trinajstić information content (AvgIpc) is 3.17. The van der Waals surface area contributed by atoms with E-state index in [1.807, 2.05) is 0 Å². The number of rotatable bonds is 7. The summed E-state index contributed by atoms with van der Waals surface area (Å²) in [6, 6.07) is 4.23. The molecule has 0 aliphatic carbocycles. The zero-order valence-corrected chi connectivity index (χ0v) is 19.9. The van der Waals surface area contributed by atoms with Crippen molar-refractivity contribution in [3.05, 3.63) is 22.4 Å². The number of aliphatic imine (C=N–C) groups is 1. The molecule has 0 aromatic carbocycles. The van der Waals surface area contributed by atoms with Crippen molar-refractivity contribution in [2.75, 3.05) is 40.3 Å². The van der Waals surface area contributed by atoms with Gasteiger partial charge in [-0.25, -0.2) is 4.99 Å². The lowest BCUT2D eigenvalue weighted by atomic mass is 9.91. The van der Waals surface area contributed by atoms with E-state index in [0.29, 0.717) is 12.5 Å². The molecule has 0 saturated carbocycles. The van der Waals surface area contributed by atoms with Gasteiger partial charge >= 0.3 is 0 Å². The van der Waals surface area contributed by atoms with Gasteiger partial charge in [-0.15, -0.1) is 35.3 Å². The van der Waals surface area contributed by atoms with Gasteiger partial charge in [0.2, 0.25) is 5.91 Å². The van der Waals surface area contributed by atoms with Crippen LogP contribution >= 0.6 is 35.3 Å². The zero-order chi connectivity index (χ0) is 19.0. The molecule has 1 aromatic heterocycles. The predicted octanol–water partition coefficient (Wildman–Crippen LogP) is 2.84. The first-order valence-corrected chi connectivity index (χ1v) is 10.1. The van der Waals surface area contributed by atoms with E-state index in [1.165, 1.54) is 11.3 Å². The number of thiophene rings is 1. The van der Waals surface area contributed by atoms with Gasteiger partial charge in [0, 0.05) is 44.1 Å². The van der Waals surface area contributed by atoms with Crippen molar-refractivity contribution in [3.8, 4) is 0 Å². The summed E-state index contributed by atoms with van der Waals surface area (Å²) < 4.78 is 5.78. The van der Waals surface area contributed by atoms with Gasteiger partial charge in [-0.3, -0.25) is 4.79 Å². The Bertz CT molecular complexity index is 585. The van der Waals surface area contributed by atoms with Crippen LogP contribution in [0.4, 0.5) is 0 Å². The molecule has 1 atom stereocenters. The van der Waals surface area contributed by atoms with Crippen molar-refractivity contribution >= 4 is 47.2 Å². The highest BCUT2D eigenvalue weighted by Crippen LogP contribution is 2.26. The largest absolute Gasteiger partial charge is 0.376 e. The van der Waals surface area contributed by atoms with Crippen LogP contribution in [0.1, 0.15) is 38.0 Å². The molecule has 1 unspecified atom stereocenters. The molecular formula is C19H33IN4O2S. The van der Waals surface area contributed by atoms with Gasteiger partial charge in [0.25, 0.3) is 0 Å². The highest BCUT2D eigenvalue weighted by molar-refractivity contribution is 14.0. The van der Waals surface area contributed by atoms with Gasteiger partial charge < -0.3 is 20.3 Å². The van der Waals surface area contributed by atoms with Crippen LogP contribution in [0.2, 0.25) is 0 Å². The molecule has 154 valence electrons. The summed E-state index contributed by atoms with van der Waals surface area (Å²) in [5.74, 6) is 0.650. The Balaban J connectivity index is 0.00000364. The molecule has 1 amide bonds. The van der Waals surface area contributed by atoms with Crippen LogP contribution in [0.15, 0.2) is 22.5 Å². The van der Waals surface area contributed by atoms with Crippen molar-refractivity contribution in [1.82, 2.24) is 15.5 Å². The van der Waals surface area contributed by atoms with Crippen LogP contribution < -0.4 is 10.6 Å². The maximum atomic E-state index is 11.9. The SMILES string of the molecule is CN(C)C(=O)CN=C(NCC1CCCCO1)NCC(C)(C)c1cccs1.I. The number of hydrogen-bond donors (Lipinski definition) is 2. The molecule has 1 fully saturated rings. The second-order valence-corrected chi connectivity index (χ2v) is 8.48. The minimum atomic E-state index is -0.0162. The Kier molecular flexibility index (Phi) is 10.6. The normalized spacial score (nSPS) is 17.8. The lowest BCUT2D eigenvalue weighted by Gasteiger charge is -2.27. The smallest absolute Gasteiger partial charge is 0.243 e. The molecule has 6 nitrogen and oxygen atoms in total. The maximum absolute atomic E-state index is 11.9. The van der Waals surface area contributed by atoms with Crippen LogP contribution in [0.3, 0.4) is 0 Å². The van der Waals surface area contributed by atoms with Gasteiger partial charge in [-0.05, 0) is 30.7 Å². The molecule has 1 aromatic rings. The lowest BCUT2D eigenvalue weighted by molar-refractivity contribution is -0.127. The highest BCUT2D eigenvalue weighted by Gasteiger charge is 2.22. The molecule has 1 aliphatic rings.